The van der Waals surface area contributed by atoms with Crippen molar-refractivity contribution in [3.63, 3.8) is 0 Å². The molecule has 0 bridgehead atoms. The summed E-state index contributed by atoms with van der Waals surface area (Å²) in [5.74, 6) is -0.717. The molecular weight excluding hydrogens is 373 g/mol. The van der Waals surface area contributed by atoms with Gasteiger partial charge in [-0.3, -0.25) is 9.59 Å². The van der Waals surface area contributed by atoms with Crippen LogP contribution in [0.4, 0.5) is 4.39 Å². The van der Waals surface area contributed by atoms with E-state index in [0.717, 1.165) is 0 Å². The van der Waals surface area contributed by atoms with Crippen LogP contribution < -0.4 is 5.56 Å². The number of amides is 1. The van der Waals surface area contributed by atoms with Crippen LogP contribution in [-0.2, 0) is 11.3 Å². The van der Waals surface area contributed by atoms with Crippen molar-refractivity contribution < 1.29 is 13.9 Å². The molecule has 0 atom stereocenters. The lowest BCUT2D eigenvalue weighted by atomic mass is 10.0. The summed E-state index contributed by atoms with van der Waals surface area (Å²) < 4.78 is 21.3. The molecule has 6 nitrogen and oxygen atoms in total. The minimum absolute atomic E-state index is 0.142. The van der Waals surface area contributed by atoms with Crippen LogP contribution in [0.3, 0.4) is 0 Å². The number of pyridine rings is 1. The standard InChI is InChI=1S/C22H22FN3O3/c1-2-3-6-26-14-19(18-4-5-24-20(18)22(26)28)15-11-16(13-17(23)12-15)21(27)25-7-9-29-10-8-25/h2,4-5,11-14,24H,1,3,6-10H2. The van der Waals surface area contributed by atoms with E-state index in [4.69, 9.17) is 4.74 Å². The van der Waals surface area contributed by atoms with Crippen LogP contribution in [0.5, 0.6) is 0 Å². The Morgan fingerprint density at radius 2 is 2.07 bits per heavy atom. The number of halogens is 1. The molecule has 1 saturated heterocycles. The van der Waals surface area contributed by atoms with Gasteiger partial charge < -0.3 is 19.2 Å². The molecule has 1 aromatic carbocycles. The van der Waals surface area contributed by atoms with Gasteiger partial charge in [0.25, 0.3) is 11.5 Å². The van der Waals surface area contributed by atoms with Gasteiger partial charge in [0, 0.05) is 48.5 Å². The number of hydrogen-bond acceptors (Lipinski definition) is 3. The molecule has 1 aliphatic heterocycles. The Morgan fingerprint density at radius 3 is 2.83 bits per heavy atom. The maximum atomic E-state index is 14.5. The zero-order valence-electron chi connectivity index (χ0n) is 16.0. The van der Waals surface area contributed by atoms with Crippen molar-refractivity contribution in [3.8, 4) is 11.1 Å². The van der Waals surface area contributed by atoms with Crippen LogP contribution >= 0.6 is 0 Å². The predicted octanol–water partition coefficient (Wildman–Crippen LogP) is 3.18. The Morgan fingerprint density at radius 1 is 1.28 bits per heavy atom. The van der Waals surface area contributed by atoms with E-state index in [1.165, 1.54) is 12.1 Å². The second-order valence-corrected chi connectivity index (χ2v) is 7.02. The number of carbonyl (C=O) groups is 1. The fourth-order valence-electron chi connectivity index (χ4n) is 3.64. The Labute approximate surface area is 167 Å². The summed E-state index contributed by atoms with van der Waals surface area (Å²) >= 11 is 0. The lowest BCUT2D eigenvalue weighted by molar-refractivity contribution is 0.0302. The second kappa shape index (κ2) is 8.05. The van der Waals surface area contributed by atoms with Crippen LogP contribution in [0.1, 0.15) is 16.8 Å². The number of morpholine rings is 1. The Hall–Kier alpha value is -3.19. The van der Waals surface area contributed by atoms with Gasteiger partial charge in [0.2, 0.25) is 0 Å². The molecule has 2 aromatic heterocycles. The van der Waals surface area contributed by atoms with Crippen molar-refractivity contribution in [2.45, 2.75) is 13.0 Å². The molecule has 0 spiro atoms. The number of ether oxygens (including phenoxy) is 1. The van der Waals surface area contributed by atoms with Crippen LogP contribution in [0, 0.1) is 5.82 Å². The number of rotatable bonds is 5. The van der Waals surface area contributed by atoms with Crippen LogP contribution in [0.2, 0.25) is 0 Å². The number of hydrogen-bond donors (Lipinski definition) is 1. The highest BCUT2D eigenvalue weighted by molar-refractivity contribution is 5.98. The quantitative estimate of drug-likeness (QED) is 0.675. The number of fused-ring (bicyclic) bond motifs is 1. The van der Waals surface area contributed by atoms with Gasteiger partial charge in [0.15, 0.2) is 0 Å². The smallest absolute Gasteiger partial charge is 0.274 e. The van der Waals surface area contributed by atoms with Crippen LogP contribution in [0.15, 0.2) is 54.1 Å². The Balaban J connectivity index is 1.81. The molecule has 1 N–H and O–H groups in total. The van der Waals surface area contributed by atoms with Gasteiger partial charge in [0.1, 0.15) is 11.3 Å². The maximum absolute atomic E-state index is 14.5. The first-order chi connectivity index (χ1) is 14.1. The third-order valence-corrected chi connectivity index (χ3v) is 5.13. The summed E-state index contributed by atoms with van der Waals surface area (Å²) in [7, 11) is 0. The van der Waals surface area contributed by atoms with E-state index in [1.807, 2.05) is 0 Å². The van der Waals surface area contributed by atoms with Crippen molar-refractivity contribution in [3.05, 3.63) is 71.0 Å². The lowest BCUT2D eigenvalue weighted by Gasteiger charge is -2.27. The van der Waals surface area contributed by atoms with Gasteiger partial charge in [-0.2, -0.15) is 0 Å². The lowest BCUT2D eigenvalue weighted by Crippen LogP contribution is -2.40. The van der Waals surface area contributed by atoms with Gasteiger partial charge in [-0.25, -0.2) is 4.39 Å². The number of allylic oxidation sites excluding steroid dienone is 1. The Bertz CT molecular complexity index is 1130. The monoisotopic (exact) mass is 395 g/mol. The average molecular weight is 395 g/mol. The number of nitrogens with zero attached hydrogens (tertiary/aromatic N) is 2. The van der Waals surface area contributed by atoms with Crippen LogP contribution in [0.25, 0.3) is 22.0 Å². The summed E-state index contributed by atoms with van der Waals surface area (Å²) in [6.45, 7) is 6.10. The average Bonchev–Trinajstić information content (AvgIpc) is 3.23. The summed E-state index contributed by atoms with van der Waals surface area (Å²) in [4.78, 5) is 30.2. The summed E-state index contributed by atoms with van der Waals surface area (Å²) in [5.41, 5.74) is 1.85. The molecule has 150 valence electrons. The fraction of sp³-hybridized carbons (Fsp3) is 0.273. The van der Waals surface area contributed by atoms with E-state index in [1.54, 1.807) is 40.1 Å². The molecule has 1 aliphatic rings. The summed E-state index contributed by atoms with van der Waals surface area (Å²) in [6, 6.07) is 6.12. The highest BCUT2D eigenvalue weighted by Crippen LogP contribution is 2.28. The maximum Gasteiger partial charge on any atom is 0.274 e. The molecular formula is C22H22FN3O3. The number of benzene rings is 1. The first-order valence-electron chi connectivity index (χ1n) is 9.58. The molecule has 3 aromatic rings. The highest BCUT2D eigenvalue weighted by atomic mass is 19.1. The summed E-state index contributed by atoms with van der Waals surface area (Å²) in [5, 5.41) is 0.695. The van der Waals surface area contributed by atoms with Crippen LogP contribution in [-0.4, -0.2) is 46.7 Å². The van der Waals surface area contributed by atoms with Crippen molar-refractivity contribution in [2.75, 3.05) is 26.3 Å². The van der Waals surface area contributed by atoms with E-state index in [9.17, 15) is 14.0 Å². The number of nitrogens with one attached hydrogen (secondary N) is 1. The molecule has 0 aliphatic carbocycles. The first-order valence-corrected chi connectivity index (χ1v) is 9.58. The molecule has 4 rings (SSSR count). The van der Waals surface area contributed by atoms with E-state index in [0.29, 0.717) is 61.3 Å². The summed E-state index contributed by atoms with van der Waals surface area (Å²) in [6.07, 6.45) is 5.79. The van der Waals surface area contributed by atoms with E-state index < -0.39 is 5.82 Å². The third kappa shape index (κ3) is 3.73. The number of aryl methyl sites for hydroxylation is 1. The SMILES string of the molecule is C=CCCn1cc(-c2cc(F)cc(C(=O)N3CCOCC3)c2)c2cc[nH]c2c1=O. The number of H-pyrrole nitrogens is 1. The minimum Gasteiger partial charge on any atom is -0.378 e. The van der Waals surface area contributed by atoms with Crippen molar-refractivity contribution in [2.24, 2.45) is 0 Å². The van der Waals surface area contributed by atoms with Crippen molar-refractivity contribution in [1.29, 1.82) is 0 Å². The van der Waals surface area contributed by atoms with E-state index >= 15 is 0 Å². The van der Waals surface area contributed by atoms with E-state index in [-0.39, 0.29) is 17.0 Å². The molecule has 29 heavy (non-hydrogen) atoms. The minimum atomic E-state index is -0.494. The predicted molar refractivity (Wildman–Crippen MR) is 109 cm³/mol. The largest absolute Gasteiger partial charge is 0.378 e. The van der Waals surface area contributed by atoms with Gasteiger partial charge in [-0.15, -0.1) is 6.58 Å². The number of aromatic nitrogens is 2. The van der Waals surface area contributed by atoms with Crippen molar-refractivity contribution in [1.82, 2.24) is 14.5 Å². The molecule has 0 radical (unpaired) electrons. The Kier molecular flexibility index (Phi) is 5.31. The number of carbonyl (C=O) groups excluding carboxylic acids is 1. The normalized spacial score (nSPS) is 14.3. The third-order valence-electron chi connectivity index (χ3n) is 5.13. The highest BCUT2D eigenvalue weighted by Gasteiger charge is 2.21. The van der Waals surface area contributed by atoms with Gasteiger partial charge in [-0.05, 0) is 36.2 Å². The fourth-order valence-corrected chi connectivity index (χ4v) is 3.64. The zero-order chi connectivity index (χ0) is 20.4. The van der Waals surface area contributed by atoms with Gasteiger partial charge >= 0.3 is 0 Å². The second-order valence-electron chi connectivity index (χ2n) is 7.02. The first kappa shape index (κ1) is 19.1. The van der Waals surface area contributed by atoms with Gasteiger partial charge in [0.05, 0.1) is 13.2 Å². The molecule has 0 unspecified atom stereocenters. The zero-order valence-corrected chi connectivity index (χ0v) is 16.0. The molecule has 0 saturated carbocycles. The molecule has 1 amide bonds. The van der Waals surface area contributed by atoms with Gasteiger partial charge in [-0.1, -0.05) is 6.08 Å². The molecule has 1 fully saturated rings. The topological polar surface area (TPSA) is 67.3 Å². The number of aromatic amines is 1. The van der Waals surface area contributed by atoms with Crippen molar-refractivity contribution >= 4 is 16.8 Å². The molecule has 7 heteroatoms. The molecule has 3 heterocycles. The van der Waals surface area contributed by atoms with E-state index in [2.05, 4.69) is 11.6 Å².